The van der Waals surface area contributed by atoms with Gasteiger partial charge in [0.05, 0.1) is 6.61 Å². The Morgan fingerprint density at radius 3 is 2.33 bits per heavy atom. The maximum Gasteiger partial charge on any atom is 2.00 e. The summed E-state index contributed by atoms with van der Waals surface area (Å²) in [6.45, 7) is 3.07. The molecule has 0 saturated heterocycles. The fourth-order valence-corrected chi connectivity index (χ4v) is 0.449. The first-order valence-corrected chi connectivity index (χ1v) is 3.40. The van der Waals surface area contributed by atoms with E-state index in [1.54, 1.807) is 0 Å². The maximum atomic E-state index is 9.81. The van der Waals surface area contributed by atoms with Gasteiger partial charge in [-0.25, -0.2) is 4.57 Å². The molecule has 0 aliphatic carbocycles. The molecule has 0 fully saturated rings. The topological polar surface area (TPSA) is 66.8 Å². The minimum absolute atomic E-state index is 0. The average molecular weight is 277 g/mol. The zero-order chi connectivity index (χ0) is 6.62. The Kier molecular flexibility index (Phi) is 8.92. The van der Waals surface area contributed by atoms with Gasteiger partial charge in [-0.15, -0.1) is 6.58 Å². The van der Waals surface area contributed by atoms with E-state index >= 15 is 0 Å². The van der Waals surface area contributed by atoms with Crippen LogP contribution in [0.5, 0.6) is 0 Å². The molecule has 0 bridgehead atoms. The minimum atomic E-state index is -4.25. The summed E-state index contributed by atoms with van der Waals surface area (Å²) in [7, 11) is -4.25. The molecule has 0 amide bonds. The molecule has 0 spiro atoms. The van der Waals surface area contributed by atoms with E-state index in [0.29, 0.717) is 0 Å². The summed E-state index contributed by atoms with van der Waals surface area (Å²) in [5.74, 6) is 0. The minimum Gasteiger partial charge on any atom is -1.00 e. The predicted octanol–water partition coefficient (Wildman–Crippen LogP) is 0.126. The summed E-state index contributed by atoms with van der Waals surface area (Å²) in [6.07, 6.45) is 1.26. The average Bonchev–Trinajstić information content (AvgIpc) is 1.59. The van der Waals surface area contributed by atoms with Gasteiger partial charge in [-0.05, 0) is 0 Å². The molecule has 0 aliphatic rings. The van der Waals surface area contributed by atoms with E-state index in [1.165, 1.54) is 6.08 Å². The third-order valence-electron chi connectivity index (χ3n) is 0.361. The second-order valence-electron chi connectivity index (χ2n) is 1.08. The van der Waals surface area contributed by atoms with Gasteiger partial charge < -0.3 is 12.6 Å². The van der Waals surface area contributed by atoms with Crippen LogP contribution in [0, 0.1) is 0 Å². The van der Waals surface area contributed by atoms with E-state index in [9.17, 15) is 4.57 Å². The monoisotopic (exact) mass is 278 g/mol. The van der Waals surface area contributed by atoms with Gasteiger partial charge in [-0.1, -0.05) is 6.08 Å². The van der Waals surface area contributed by atoms with Crippen molar-refractivity contribution in [2.24, 2.45) is 0 Å². The van der Waals surface area contributed by atoms with E-state index in [4.69, 9.17) is 9.79 Å². The van der Waals surface area contributed by atoms with Gasteiger partial charge in [-0.3, -0.25) is 4.52 Å². The van der Waals surface area contributed by atoms with E-state index in [0.717, 1.165) is 0 Å². The second kappa shape index (κ2) is 6.15. The van der Waals surface area contributed by atoms with Gasteiger partial charge in [0.2, 0.25) is 0 Å². The molecule has 2 N–H and O–H groups in total. The Balaban J connectivity index is -0.0000000817. The number of hydrogen-bond acceptors (Lipinski definition) is 2. The van der Waals surface area contributed by atoms with Gasteiger partial charge in [0.15, 0.2) is 0 Å². The first-order chi connectivity index (χ1) is 3.56. The van der Waals surface area contributed by atoms with Crippen molar-refractivity contribution in [2.75, 3.05) is 6.61 Å². The van der Waals surface area contributed by atoms with Gasteiger partial charge in [-0.2, -0.15) is 0 Å². The molecule has 0 aromatic heterocycles. The van der Waals surface area contributed by atoms with Gasteiger partial charge in [0.25, 0.3) is 0 Å². The molecule has 6 heteroatoms. The number of phosphoric ester groups is 1. The maximum absolute atomic E-state index is 9.81. The van der Waals surface area contributed by atoms with Crippen molar-refractivity contribution in [3.63, 3.8) is 0 Å². The van der Waals surface area contributed by atoms with Crippen LogP contribution in [-0.2, 0) is 9.09 Å². The molecule has 0 aliphatic heterocycles. The van der Waals surface area contributed by atoms with Crippen LogP contribution in [0.25, 0.3) is 0 Å². The molecule has 0 atom stereocenters. The van der Waals surface area contributed by atoms with Crippen molar-refractivity contribution in [3.8, 4) is 0 Å². The third-order valence-corrected chi connectivity index (χ3v) is 0.846. The van der Waals surface area contributed by atoms with Crippen LogP contribution in [0.15, 0.2) is 12.7 Å². The smallest absolute Gasteiger partial charge is 1.00 e. The molecular formula is C3H9BaO4P. The van der Waals surface area contributed by atoms with Crippen molar-refractivity contribution in [3.05, 3.63) is 12.7 Å². The molecule has 52 valence electrons. The van der Waals surface area contributed by atoms with Crippen LogP contribution in [0.1, 0.15) is 2.85 Å². The van der Waals surface area contributed by atoms with Crippen molar-refractivity contribution >= 4 is 56.7 Å². The van der Waals surface area contributed by atoms with Crippen molar-refractivity contribution < 1.29 is 21.7 Å². The predicted molar refractivity (Wildman–Crippen MR) is 36.2 cm³/mol. The zero-order valence-electron chi connectivity index (χ0n) is 6.86. The van der Waals surface area contributed by atoms with Gasteiger partial charge in [0.1, 0.15) is 0 Å². The molecule has 0 saturated carbocycles. The van der Waals surface area contributed by atoms with Crippen LogP contribution in [0.2, 0.25) is 0 Å². The Bertz CT molecular complexity index is 127. The second-order valence-corrected chi connectivity index (χ2v) is 2.31. The quantitative estimate of drug-likeness (QED) is 0.437. The molecule has 9 heavy (non-hydrogen) atoms. The van der Waals surface area contributed by atoms with Crippen LogP contribution in [0.3, 0.4) is 0 Å². The molecule has 4 nitrogen and oxygen atoms in total. The zero-order valence-corrected chi connectivity index (χ0v) is 10.2. The van der Waals surface area contributed by atoms with E-state index in [2.05, 4.69) is 11.1 Å². The molecule has 0 radical (unpaired) electrons. The van der Waals surface area contributed by atoms with Crippen LogP contribution < -0.4 is 0 Å². The first kappa shape index (κ1) is 13.0. The standard InChI is InChI=1S/C3H7O4P.Ba.2H/c1-2-3-7-8(4,5)6;;;/h2H,1,3H2,(H2,4,5,6);;;/q;+2;2*-1. The van der Waals surface area contributed by atoms with Gasteiger partial charge in [0, 0.05) is 0 Å². The normalized spacial score (nSPS) is 10.0. The Morgan fingerprint density at radius 1 is 1.78 bits per heavy atom. The van der Waals surface area contributed by atoms with Crippen LogP contribution >= 0.6 is 7.82 Å². The molecule has 0 rings (SSSR count). The summed E-state index contributed by atoms with van der Waals surface area (Å²) in [5.41, 5.74) is 0. The van der Waals surface area contributed by atoms with Crippen LogP contribution in [-0.4, -0.2) is 65.3 Å². The summed E-state index contributed by atoms with van der Waals surface area (Å²) in [6, 6.07) is 0. The fraction of sp³-hybridized carbons (Fsp3) is 0.333. The Morgan fingerprint density at radius 2 is 2.22 bits per heavy atom. The van der Waals surface area contributed by atoms with E-state index < -0.39 is 7.82 Å². The molecule has 0 unspecified atom stereocenters. The molecule has 0 aromatic carbocycles. The molecule has 0 aromatic rings. The van der Waals surface area contributed by atoms with Crippen molar-refractivity contribution in [1.82, 2.24) is 0 Å². The number of phosphoric acid groups is 1. The first-order valence-electron chi connectivity index (χ1n) is 1.87. The van der Waals surface area contributed by atoms with Crippen molar-refractivity contribution in [1.29, 1.82) is 0 Å². The van der Waals surface area contributed by atoms with E-state index in [1.807, 2.05) is 0 Å². The van der Waals surface area contributed by atoms with E-state index in [-0.39, 0.29) is 58.3 Å². The third kappa shape index (κ3) is 12.6. The fourth-order valence-electron chi connectivity index (χ4n) is 0.150. The number of hydrogen-bond donors (Lipinski definition) is 2. The molecule has 0 heterocycles. The SMILES string of the molecule is C=CCOP(=O)(O)O.[Ba+2].[H-].[H-]. The largest absolute Gasteiger partial charge is 2.00 e. The molecular weight excluding hydrogens is 268 g/mol. The Labute approximate surface area is 96.6 Å². The van der Waals surface area contributed by atoms with Crippen molar-refractivity contribution in [2.45, 2.75) is 0 Å². The Hall–Kier alpha value is 1.42. The van der Waals surface area contributed by atoms with Gasteiger partial charge >= 0.3 is 56.7 Å². The summed E-state index contributed by atoms with van der Waals surface area (Å²) in [5, 5.41) is 0. The summed E-state index contributed by atoms with van der Waals surface area (Å²) < 4.78 is 13.7. The van der Waals surface area contributed by atoms with Crippen LogP contribution in [0.4, 0.5) is 0 Å². The summed E-state index contributed by atoms with van der Waals surface area (Å²) in [4.78, 5) is 16.0. The number of rotatable bonds is 3. The summed E-state index contributed by atoms with van der Waals surface area (Å²) >= 11 is 0.